The molecule has 0 aliphatic rings. The van der Waals surface area contributed by atoms with Crippen LogP contribution < -0.4 is 19.7 Å². The maximum atomic E-state index is 14.2. The summed E-state index contributed by atoms with van der Waals surface area (Å²) in [4.78, 5) is 29.5. The normalized spacial score (nSPS) is 11.8. The summed E-state index contributed by atoms with van der Waals surface area (Å²) >= 11 is 0. The van der Waals surface area contributed by atoms with Crippen molar-refractivity contribution < 1.29 is 19.1 Å². The fraction of sp³-hybridized carbons (Fsp3) is 0.333. The molecule has 4 aromatic rings. The van der Waals surface area contributed by atoms with Crippen molar-refractivity contribution in [3.63, 3.8) is 0 Å². The molecule has 1 N–H and O–H groups in total. The Morgan fingerprint density at radius 3 is 2.38 bits per heavy atom. The minimum atomic E-state index is -0.932. The quantitative estimate of drug-likeness (QED) is 0.303. The number of para-hydroxylation sites is 1. The summed E-state index contributed by atoms with van der Waals surface area (Å²) in [5.74, 6) is 0.784. The lowest BCUT2D eigenvalue weighted by Gasteiger charge is -2.32. The number of methoxy groups -OCH3 is 2. The molecule has 9 nitrogen and oxygen atoms in total. The predicted octanol–water partition coefficient (Wildman–Crippen LogP) is 4.69. The van der Waals surface area contributed by atoms with E-state index in [0.29, 0.717) is 40.7 Å². The van der Waals surface area contributed by atoms with Crippen molar-refractivity contribution in [3.8, 4) is 11.5 Å². The maximum absolute atomic E-state index is 14.2. The number of nitrogens with zero attached hydrogens (tertiary/aromatic N) is 4. The Labute approximate surface area is 228 Å². The number of carbonyl (C=O) groups excluding carboxylic acids is 2. The Hall–Kier alpha value is -4.40. The van der Waals surface area contributed by atoms with Crippen molar-refractivity contribution >= 4 is 28.5 Å². The summed E-state index contributed by atoms with van der Waals surface area (Å²) in [6, 6.07) is 19.3. The number of hydrogen-bond donors (Lipinski definition) is 1. The number of rotatable bonds is 11. The summed E-state index contributed by atoms with van der Waals surface area (Å²) in [5.41, 5.74) is 3.65. The first-order chi connectivity index (χ1) is 18.8. The monoisotopic (exact) mass is 529 g/mol. The Morgan fingerprint density at radius 1 is 0.974 bits per heavy atom. The second-order valence-electron chi connectivity index (χ2n) is 9.83. The SMILES string of the molecule is COc1ccc(N(C(=O)Cn2nnc3ccccc32)[C@@H](C(=O)NCCC(C)C)c2ccc(C)cc2)cc1OC. The number of nitrogens with one attached hydrogen (secondary N) is 1. The first kappa shape index (κ1) is 27.6. The Morgan fingerprint density at radius 2 is 1.69 bits per heavy atom. The van der Waals surface area contributed by atoms with E-state index in [2.05, 4.69) is 29.5 Å². The zero-order valence-corrected chi connectivity index (χ0v) is 23.0. The average molecular weight is 530 g/mol. The zero-order chi connectivity index (χ0) is 27.9. The number of benzene rings is 3. The second-order valence-corrected chi connectivity index (χ2v) is 9.83. The van der Waals surface area contributed by atoms with Crippen molar-refractivity contribution in [1.29, 1.82) is 0 Å². The van der Waals surface area contributed by atoms with Gasteiger partial charge >= 0.3 is 0 Å². The second kappa shape index (κ2) is 12.4. The lowest BCUT2D eigenvalue weighted by molar-refractivity contribution is -0.127. The maximum Gasteiger partial charge on any atom is 0.249 e. The van der Waals surface area contributed by atoms with Crippen molar-refractivity contribution in [3.05, 3.63) is 77.9 Å². The van der Waals surface area contributed by atoms with Crippen LogP contribution in [-0.2, 0) is 16.1 Å². The predicted molar refractivity (Wildman–Crippen MR) is 151 cm³/mol. The molecular weight excluding hydrogens is 494 g/mol. The molecule has 0 spiro atoms. The summed E-state index contributed by atoms with van der Waals surface area (Å²) < 4.78 is 12.5. The van der Waals surface area contributed by atoms with Crippen molar-refractivity contribution in [2.45, 2.75) is 39.8 Å². The first-order valence-corrected chi connectivity index (χ1v) is 13.0. The smallest absolute Gasteiger partial charge is 0.249 e. The number of fused-ring (bicyclic) bond motifs is 1. The van der Waals surface area contributed by atoms with Crippen LogP contribution in [0.25, 0.3) is 11.0 Å². The number of amides is 2. The highest BCUT2D eigenvalue weighted by molar-refractivity contribution is 6.01. The minimum absolute atomic E-state index is 0.115. The third-order valence-corrected chi connectivity index (χ3v) is 6.54. The van der Waals surface area contributed by atoms with Crippen LogP contribution >= 0.6 is 0 Å². The highest BCUT2D eigenvalue weighted by atomic mass is 16.5. The molecule has 1 aromatic heterocycles. The van der Waals surface area contributed by atoms with Gasteiger partial charge in [0.05, 0.1) is 19.7 Å². The van der Waals surface area contributed by atoms with E-state index in [1.54, 1.807) is 30.0 Å². The van der Waals surface area contributed by atoms with Crippen LogP contribution in [0.5, 0.6) is 11.5 Å². The third kappa shape index (κ3) is 6.37. The van der Waals surface area contributed by atoms with Gasteiger partial charge in [-0.05, 0) is 49.1 Å². The molecule has 0 radical (unpaired) electrons. The van der Waals surface area contributed by atoms with Crippen molar-refractivity contribution in [1.82, 2.24) is 20.3 Å². The van der Waals surface area contributed by atoms with Crippen molar-refractivity contribution in [2.75, 3.05) is 25.7 Å². The number of aromatic nitrogens is 3. The van der Waals surface area contributed by atoms with Crippen LogP contribution in [0.2, 0.25) is 0 Å². The molecule has 0 unspecified atom stereocenters. The summed E-state index contributed by atoms with van der Waals surface area (Å²) in [6.07, 6.45) is 0.821. The molecule has 0 saturated heterocycles. The van der Waals surface area contributed by atoms with Gasteiger partial charge in [0.2, 0.25) is 11.8 Å². The molecule has 0 aliphatic carbocycles. The van der Waals surface area contributed by atoms with Crippen LogP contribution in [0.4, 0.5) is 5.69 Å². The van der Waals surface area contributed by atoms with Gasteiger partial charge in [0, 0.05) is 18.3 Å². The van der Waals surface area contributed by atoms with E-state index in [9.17, 15) is 9.59 Å². The van der Waals surface area contributed by atoms with Crippen LogP contribution in [0.3, 0.4) is 0 Å². The number of carbonyl (C=O) groups is 2. The van der Waals surface area contributed by atoms with Gasteiger partial charge in [-0.25, -0.2) is 4.68 Å². The molecule has 1 heterocycles. The van der Waals surface area contributed by atoms with Crippen LogP contribution in [0, 0.1) is 12.8 Å². The summed E-state index contributed by atoms with van der Waals surface area (Å²) in [7, 11) is 3.08. The fourth-order valence-electron chi connectivity index (χ4n) is 4.40. The van der Waals surface area contributed by atoms with Crippen LogP contribution in [0.1, 0.15) is 37.4 Å². The van der Waals surface area contributed by atoms with E-state index >= 15 is 0 Å². The van der Waals surface area contributed by atoms with Gasteiger partial charge in [-0.1, -0.05) is 61.0 Å². The van der Waals surface area contributed by atoms with E-state index in [4.69, 9.17) is 9.47 Å². The molecular formula is C30H35N5O4. The van der Waals surface area contributed by atoms with Crippen LogP contribution in [0.15, 0.2) is 66.7 Å². The van der Waals surface area contributed by atoms with Gasteiger partial charge in [-0.3, -0.25) is 14.5 Å². The first-order valence-electron chi connectivity index (χ1n) is 13.0. The Bertz CT molecular complexity index is 1430. The fourth-order valence-corrected chi connectivity index (χ4v) is 4.40. The van der Waals surface area contributed by atoms with Gasteiger partial charge in [-0.15, -0.1) is 5.10 Å². The highest BCUT2D eigenvalue weighted by Gasteiger charge is 2.33. The molecule has 2 amide bonds. The molecule has 0 aliphatic heterocycles. The summed E-state index contributed by atoms with van der Waals surface area (Å²) in [6.45, 7) is 6.57. The molecule has 0 bridgehead atoms. The Kier molecular flexibility index (Phi) is 8.81. The molecule has 0 fully saturated rings. The average Bonchev–Trinajstić information content (AvgIpc) is 3.34. The molecule has 1 atom stereocenters. The number of hydrogen-bond acceptors (Lipinski definition) is 6. The van der Waals surface area contributed by atoms with Gasteiger partial charge in [-0.2, -0.15) is 0 Å². The largest absolute Gasteiger partial charge is 0.493 e. The van der Waals surface area contributed by atoms with E-state index < -0.39 is 6.04 Å². The molecule has 0 saturated carbocycles. The summed E-state index contributed by atoms with van der Waals surface area (Å²) in [5, 5.41) is 11.4. The highest BCUT2D eigenvalue weighted by Crippen LogP contribution is 2.36. The number of ether oxygens (including phenoxy) is 2. The molecule has 204 valence electrons. The topological polar surface area (TPSA) is 98.6 Å². The number of aryl methyl sites for hydroxylation is 1. The zero-order valence-electron chi connectivity index (χ0n) is 23.0. The van der Waals surface area contributed by atoms with E-state index in [-0.39, 0.29) is 18.4 Å². The standard InChI is InChI=1S/C30H35N5O4/c1-20(2)16-17-31-30(37)29(22-12-10-21(3)11-13-22)35(23-14-15-26(38-4)27(18-23)39-5)28(36)19-34-25-9-7-6-8-24(25)32-33-34/h6-15,18,20,29H,16-17,19H2,1-5H3,(H,31,37)/t29-/m1/s1. The van der Waals surface area contributed by atoms with Crippen LogP contribution in [-0.4, -0.2) is 47.6 Å². The van der Waals surface area contributed by atoms with Gasteiger partial charge < -0.3 is 14.8 Å². The molecule has 4 rings (SSSR count). The van der Waals surface area contributed by atoms with E-state index in [0.717, 1.165) is 17.5 Å². The van der Waals surface area contributed by atoms with Crippen molar-refractivity contribution in [2.24, 2.45) is 5.92 Å². The van der Waals surface area contributed by atoms with Gasteiger partial charge in [0.25, 0.3) is 0 Å². The lowest BCUT2D eigenvalue weighted by atomic mass is 10.0. The minimum Gasteiger partial charge on any atom is -0.493 e. The Balaban J connectivity index is 1.81. The molecule has 3 aromatic carbocycles. The molecule has 9 heteroatoms. The van der Waals surface area contributed by atoms with E-state index in [1.165, 1.54) is 12.0 Å². The van der Waals surface area contributed by atoms with E-state index in [1.807, 2.05) is 55.5 Å². The lowest BCUT2D eigenvalue weighted by Crippen LogP contribution is -2.45. The molecule has 39 heavy (non-hydrogen) atoms. The van der Waals surface area contributed by atoms with Gasteiger partial charge in [0.1, 0.15) is 18.1 Å². The third-order valence-electron chi connectivity index (χ3n) is 6.54. The van der Waals surface area contributed by atoms with Gasteiger partial charge in [0.15, 0.2) is 11.5 Å². The number of anilines is 1.